The van der Waals surface area contributed by atoms with Crippen LogP contribution in [0.4, 0.5) is 0 Å². The van der Waals surface area contributed by atoms with Gasteiger partial charge in [0.1, 0.15) is 30.0 Å². The van der Waals surface area contributed by atoms with Crippen molar-refractivity contribution >= 4 is 17.9 Å². The van der Waals surface area contributed by atoms with Crippen molar-refractivity contribution in [3.8, 4) is 0 Å². The molecule has 1 aromatic carbocycles. The Labute approximate surface area is 284 Å². The van der Waals surface area contributed by atoms with E-state index >= 15 is 0 Å². The number of rotatable bonds is 9. The maximum Gasteiger partial charge on any atom is 0.338 e. The molecule has 3 N–H and O–H groups in total. The number of ether oxygens (including phenoxy) is 7. The predicted molar refractivity (Wildman–Crippen MR) is 167 cm³/mol. The molecule has 1 heterocycles. The van der Waals surface area contributed by atoms with Crippen LogP contribution in [0.5, 0.6) is 0 Å². The zero-order valence-electron chi connectivity index (χ0n) is 28.9. The van der Waals surface area contributed by atoms with Crippen LogP contribution in [0, 0.1) is 28.6 Å². The summed E-state index contributed by atoms with van der Waals surface area (Å²) in [5.74, 6) is -4.98. The number of benzene rings is 1. The van der Waals surface area contributed by atoms with Crippen molar-refractivity contribution in [2.24, 2.45) is 28.6 Å². The van der Waals surface area contributed by atoms with Crippen molar-refractivity contribution in [2.75, 3.05) is 48.6 Å². The normalized spacial score (nSPS) is 48.9. The Morgan fingerprint density at radius 3 is 2.16 bits per heavy atom. The molecular weight excluding hydrogens is 642 g/mol. The fourth-order valence-electron chi connectivity index (χ4n) is 12.6. The molecule has 6 fully saturated rings. The van der Waals surface area contributed by atoms with E-state index < -0.39 is 112 Å². The highest BCUT2D eigenvalue weighted by atomic mass is 16.6. The highest BCUT2D eigenvalue weighted by molar-refractivity contribution is 5.89. The zero-order valence-corrected chi connectivity index (χ0v) is 28.9. The van der Waals surface area contributed by atoms with Crippen LogP contribution in [0.1, 0.15) is 37.0 Å². The molecule has 270 valence electrons. The van der Waals surface area contributed by atoms with Crippen molar-refractivity contribution in [1.82, 2.24) is 4.90 Å². The van der Waals surface area contributed by atoms with Crippen molar-refractivity contribution in [2.45, 2.75) is 86.2 Å². The maximum atomic E-state index is 13.9. The van der Waals surface area contributed by atoms with Gasteiger partial charge in [-0.3, -0.25) is 9.59 Å². The summed E-state index contributed by atoms with van der Waals surface area (Å²) in [5.41, 5.74) is -8.33. The Kier molecular flexibility index (Phi) is 8.09. The average Bonchev–Trinajstić information content (AvgIpc) is 3.41. The Bertz CT molecular complexity index is 1510. The third-order valence-electron chi connectivity index (χ3n) is 13.2. The van der Waals surface area contributed by atoms with E-state index in [4.69, 9.17) is 33.2 Å². The Hall–Kier alpha value is -2.69. The average molecular weight is 690 g/mol. The van der Waals surface area contributed by atoms with Gasteiger partial charge in [0.25, 0.3) is 0 Å². The SMILES string of the molecule is COC[C@]12CN(C)[C@@H]3[C@@H]4[C@H](OC)[C@H]1[C@@]3([C@@H](OC)CC2OC(C)=O)[C@]1(O)C[C@]2(O)[C@H](OC(=O)c3ccccc3)[C@@H]1[C@]4(OC(C)=O)[C@@H](O)[C@@H]2OC. The van der Waals surface area contributed by atoms with Crippen LogP contribution in [0.3, 0.4) is 0 Å². The van der Waals surface area contributed by atoms with Gasteiger partial charge in [0, 0.05) is 90.4 Å². The zero-order chi connectivity index (χ0) is 35.5. The smallest absolute Gasteiger partial charge is 0.338 e. The number of piperidine rings is 1. The Morgan fingerprint density at radius 1 is 0.898 bits per heavy atom. The molecular formula is C35H47NO13. The Morgan fingerprint density at radius 2 is 1.59 bits per heavy atom. The van der Waals surface area contributed by atoms with Crippen molar-refractivity contribution in [1.29, 1.82) is 0 Å². The molecule has 1 unspecified atom stereocenters. The van der Waals surface area contributed by atoms with Crippen molar-refractivity contribution in [3.05, 3.63) is 35.9 Å². The minimum absolute atomic E-state index is 0.0959. The standard InChI is InChI=1S/C35H47NO13/c1-17(37)47-20-13-21(44-5)34-24-23(45-6)22(26(34)36(3)15-31(20,24)16-43-4)35(49-18(2)38)25-28(48-30(40)19-11-9-8-10-12-19)32(41,14-33(25,34)42)29(46-7)27(35)39/h8-12,20-29,39,41-42H,13-16H2,1-7H3/t20?,21-,22-,23-,24+,25-,26+,27-,28+,29-,31-,32-,33-,34+,35-/m0/s1. The maximum absolute atomic E-state index is 13.9. The number of methoxy groups -OCH3 is 4. The van der Waals surface area contributed by atoms with Crippen LogP contribution < -0.4 is 0 Å². The van der Waals surface area contributed by atoms with Crippen molar-refractivity contribution < 1.29 is 62.9 Å². The number of carbonyl (C=O) groups excluding carboxylic acids is 3. The van der Waals surface area contributed by atoms with Crippen LogP contribution in [-0.2, 0) is 42.7 Å². The number of hydrogen-bond acceptors (Lipinski definition) is 14. The second-order valence-electron chi connectivity index (χ2n) is 15.0. The summed E-state index contributed by atoms with van der Waals surface area (Å²) in [6.07, 6.45) is -7.35. The summed E-state index contributed by atoms with van der Waals surface area (Å²) in [6, 6.07) is 7.55. The highest BCUT2D eigenvalue weighted by Crippen LogP contribution is 2.82. The third-order valence-corrected chi connectivity index (χ3v) is 13.2. The molecule has 14 heteroatoms. The lowest BCUT2D eigenvalue weighted by Crippen LogP contribution is -2.85. The largest absolute Gasteiger partial charge is 0.462 e. The first-order chi connectivity index (χ1) is 23.2. The predicted octanol–water partition coefficient (Wildman–Crippen LogP) is -0.0563. The molecule has 1 aliphatic heterocycles. The van der Waals surface area contributed by atoms with Crippen LogP contribution >= 0.6 is 0 Å². The molecule has 6 aliphatic rings. The van der Waals surface area contributed by atoms with E-state index in [9.17, 15) is 29.7 Å². The lowest BCUT2D eigenvalue weighted by Gasteiger charge is -2.72. The molecule has 7 bridgehead atoms. The number of hydrogen-bond donors (Lipinski definition) is 3. The summed E-state index contributed by atoms with van der Waals surface area (Å²) < 4.78 is 43.2. The van der Waals surface area contributed by atoms with Gasteiger partial charge in [0.15, 0.2) is 5.60 Å². The molecule has 0 aromatic heterocycles. The molecule has 0 amide bonds. The highest BCUT2D eigenvalue weighted by Gasteiger charge is 2.96. The second-order valence-corrected chi connectivity index (χ2v) is 15.0. The lowest BCUT2D eigenvalue weighted by atomic mass is 9.40. The summed E-state index contributed by atoms with van der Waals surface area (Å²) in [5, 5.41) is 39.2. The molecule has 1 saturated heterocycles. The van der Waals surface area contributed by atoms with E-state index in [1.54, 1.807) is 37.4 Å². The number of likely N-dealkylation sites (tertiary alicyclic amines) is 1. The number of aliphatic hydroxyl groups excluding tert-OH is 1. The molecule has 0 radical (unpaired) electrons. The van der Waals surface area contributed by atoms with Crippen LogP contribution in [0.2, 0.25) is 0 Å². The number of esters is 3. The molecule has 49 heavy (non-hydrogen) atoms. The number of nitrogens with zero attached hydrogens (tertiary/aromatic N) is 1. The van der Waals surface area contributed by atoms with Gasteiger partial charge in [-0.05, 0) is 19.2 Å². The van der Waals surface area contributed by atoms with Gasteiger partial charge in [-0.2, -0.15) is 0 Å². The van der Waals surface area contributed by atoms with Crippen LogP contribution in [0.15, 0.2) is 30.3 Å². The minimum atomic E-state index is -2.15. The van der Waals surface area contributed by atoms with Gasteiger partial charge in [-0.25, -0.2) is 4.79 Å². The first-order valence-corrected chi connectivity index (χ1v) is 16.7. The van der Waals surface area contributed by atoms with Crippen LogP contribution in [0.25, 0.3) is 0 Å². The topological polar surface area (TPSA) is 180 Å². The second kappa shape index (κ2) is 11.4. The number of carbonyl (C=O) groups is 3. The summed E-state index contributed by atoms with van der Waals surface area (Å²) in [4.78, 5) is 41.8. The van der Waals surface area contributed by atoms with Crippen LogP contribution in [-0.4, -0.2) is 146 Å². The van der Waals surface area contributed by atoms with Gasteiger partial charge in [0.2, 0.25) is 0 Å². The molecule has 15 atom stereocenters. The fourth-order valence-corrected chi connectivity index (χ4v) is 12.6. The van der Waals surface area contributed by atoms with E-state index in [1.165, 1.54) is 35.2 Å². The summed E-state index contributed by atoms with van der Waals surface area (Å²) in [6.45, 7) is 2.97. The first-order valence-electron chi connectivity index (χ1n) is 16.7. The molecule has 14 nitrogen and oxygen atoms in total. The van der Waals surface area contributed by atoms with Gasteiger partial charge < -0.3 is 53.4 Å². The summed E-state index contributed by atoms with van der Waals surface area (Å²) >= 11 is 0. The van der Waals surface area contributed by atoms with E-state index in [-0.39, 0.29) is 18.6 Å². The van der Waals surface area contributed by atoms with E-state index in [0.717, 1.165) is 0 Å². The monoisotopic (exact) mass is 689 g/mol. The first kappa shape index (κ1) is 34.7. The van der Waals surface area contributed by atoms with Gasteiger partial charge in [-0.1, -0.05) is 18.2 Å². The number of aliphatic hydroxyl groups is 3. The van der Waals surface area contributed by atoms with E-state index in [0.29, 0.717) is 6.54 Å². The van der Waals surface area contributed by atoms with Crippen molar-refractivity contribution in [3.63, 3.8) is 0 Å². The van der Waals surface area contributed by atoms with E-state index in [2.05, 4.69) is 0 Å². The molecule has 1 spiro atoms. The quantitative estimate of drug-likeness (QED) is 0.232. The molecule has 5 saturated carbocycles. The van der Waals surface area contributed by atoms with Gasteiger partial charge >= 0.3 is 17.9 Å². The van der Waals surface area contributed by atoms with E-state index in [1.807, 2.05) is 11.9 Å². The number of fused-ring (bicyclic) bond motifs is 2. The Balaban J connectivity index is 1.55. The van der Waals surface area contributed by atoms with Gasteiger partial charge in [0.05, 0.1) is 35.9 Å². The molecule has 1 aromatic rings. The molecule has 7 rings (SSSR count). The summed E-state index contributed by atoms with van der Waals surface area (Å²) in [7, 11) is 7.75. The third kappa shape index (κ3) is 3.97. The van der Waals surface area contributed by atoms with Gasteiger partial charge in [-0.15, -0.1) is 0 Å². The minimum Gasteiger partial charge on any atom is -0.462 e. The fraction of sp³-hybridized carbons (Fsp3) is 0.743. The lowest BCUT2D eigenvalue weighted by molar-refractivity contribution is -0.353. The molecule has 5 aliphatic carbocycles.